The molecular formula is C9H11BrN2O3. The lowest BCUT2D eigenvalue weighted by Crippen LogP contribution is -2.22. The molecule has 1 heterocycles. The SMILES string of the molecule is CCOC(=O)c1cnc(C(C)Br)[nH]c1=O. The highest BCUT2D eigenvalue weighted by molar-refractivity contribution is 9.09. The minimum absolute atomic E-state index is 0.0681. The number of hydrogen-bond acceptors (Lipinski definition) is 4. The molecular weight excluding hydrogens is 264 g/mol. The quantitative estimate of drug-likeness (QED) is 0.668. The van der Waals surface area contributed by atoms with Crippen molar-refractivity contribution in [2.24, 2.45) is 0 Å². The fourth-order valence-corrected chi connectivity index (χ4v) is 1.20. The number of halogens is 1. The summed E-state index contributed by atoms with van der Waals surface area (Å²) in [6.45, 7) is 3.73. The largest absolute Gasteiger partial charge is 0.462 e. The van der Waals surface area contributed by atoms with E-state index in [1.165, 1.54) is 6.20 Å². The molecule has 82 valence electrons. The third-order valence-corrected chi connectivity index (χ3v) is 2.12. The van der Waals surface area contributed by atoms with Crippen LogP contribution in [0.15, 0.2) is 11.0 Å². The molecule has 1 aromatic rings. The van der Waals surface area contributed by atoms with Crippen LogP contribution in [0.3, 0.4) is 0 Å². The summed E-state index contributed by atoms with van der Waals surface area (Å²) in [4.78, 5) is 29.1. The van der Waals surface area contributed by atoms with Crippen LogP contribution in [0.1, 0.15) is 34.9 Å². The van der Waals surface area contributed by atoms with Gasteiger partial charge in [-0.3, -0.25) is 4.79 Å². The number of carbonyl (C=O) groups excluding carboxylic acids is 1. The number of ether oxygens (including phenoxy) is 1. The number of esters is 1. The molecule has 0 aliphatic rings. The topological polar surface area (TPSA) is 72.0 Å². The predicted molar refractivity (Wildman–Crippen MR) is 58.2 cm³/mol. The van der Waals surface area contributed by atoms with Crippen LogP contribution in [0.25, 0.3) is 0 Å². The van der Waals surface area contributed by atoms with Gasteiger partial charge in [-0.25, -0.2) is 9.78 Å². The minimum Gasteiger partial charge on any atom is -0.462 e. The first-order valence-electron chi connectivity index (χ1n) is 4.46. The van der Waals surface area contributed by atoms with Gasteiger partial charge in [0.25, 0.3) is 5.56 Å². The standard InChI is InChI=1S/C9H11BrN2O3/c1-3-15-9(14)6-4-11-7(5(2)10)12-8(6)13/h4-5H,3H2,1-2H3,(H,11,12,13). The molecule has 0 aromatic carbocycles. The van der Waals surface area contributed by atoms with E-state index >= 15 is 0 Å². The van der Waals surface area contributed by atoms with Crippen molar-refractivity contribution in [3.05, 3.63) is 27.9 Å². The third-order valence-electron chi connectivity index (χ3n) is 1.69. The molecule has 5 nitrogen and oxygen atoms in total. The maximum atomic E-state index is 11.4. The average Bonchev–Trinajstić information content (AvgIpc) is 2.17. The molecule has 1 N–H and O–H groups in total. The molecule has 15 heavy (non-hydrogen) atoms. The second kappa shape index (κ2) is 5.06. The molecule has 6 heteroatoms. The molecule has 0 aliphatic heterocycles. The fourth-order valence-electron chi connectivity index (χ4n) is 0.965. The van der Waals surface area contributed by atoms with E-state index in [0.717, 1.165) is 0 Å². The normalized spacial score (nSPS) is 12.2. The molecule has 0 saturated heterocycles. The first-order valence-corrected chi connectivity index (χ1v) is 5.38. The van der Waals surface area contributed by atoms with Crippen molar-refractivity contribution >= 4 is 21.9 Å². The lowest BCUT2D eigenvalue weighted by atomic mass is 10.3. The van der Waals surface area contributed by atoms with E-state index in [1.807, 2.05) is 6.92 Å². The smallest absolute Gasteiger partial charge is 0.345 e. The van der Waals surface area contributed by atoms with Crippen LogP contribution in [0, 0.1) is 0 Å². The maximum Gasteiger partial charge on any atom is 0.345 e. The van der Waals surface area contributed by atoms with Gasteiger partial charge in [-0.2, -0.15) is 0 Å². The second-order valence-electron chi connectivity index (χ2n) is 2.85. The number of nitrogens with one attached hydrogen (secondary N) is 1. The number of hydrogen-bond donors (Lipinski definition) is 1. The number of alkyl halides is 1. The summed E-state index contributed by atoms with van der Waals surface area (Å²) < 4.78 is 4.70. The van der Waals surface area contributed by atoms with Crippen molar-refractivity contribution in [2.75, 3.05) is 6.61 Å². The van der Waals surface area contributed by atoms with Crippen molar-refractivity contribution in [3.63, 3.8) is 0 Å². The summed E-state index contributed by atoms with van der Waals surface area (Å²) in [7, 11) is 0. The van der Waals surface area contributed by atoms with Gasteiger partial charge in [-0.1, -0.05) is 15.9 Å². The van der Waals surface area contributed by atoms with Gasteiger partial charge in [0.2, 0.25) is 0 Å². The van der Waals surface area contributed by atoms with E-state index in [2.05, 4.69) is 25.9 Å². The van der Waals surface area contributed by atoms with E-state index in [-0.39, 0.29) is 17.0 Å². The first-order chi connectivity index (χ1) is 7.06. The van der Waals surface area contributed by atoms with Crippen LogP contribution in [0.5, 0.6) is 0 Å². The summed E-state index contributed by atoms with van der Waals surface area (Å²) in [5.74, 6) is -0.173. The minimum atomic E-state index is -0.653. The third kappa shape index (κ3) is 2.89. The molecule has 0 spiro atoms. The molecule has 0 radical (unpaired) electrons. The van der Waals surface area contributed by atoms with E-state index in [0.29, 0.717) is 5.82 Å². The summed E-state index contributed by atoms with van der Waals surface area (Å²) in [5.41, 5.74) is -0.557. The maximum absolute atomic E-state index is 11.4. The van der Waals surface area contributed by atoms with Gasteiger partial charge in [0.15, 0.2) is 0 Å². The molecule has 0 aliphatic carbocycles. The molecule has 1 atom stereocenters. The Morgan fingerprint density at radius 3 is 2.87 bits per heavy atom. The van der Waals surface area contributed by atoms with Gasteiger partial charge in [0.05, 0.1) is 11.4 Å². The lowest BCUT2D eigenvalue weighted by molar-refractivity contribution is 0.0523. The van der Waals surface area contributed by atoms with Crippen LogP contribution in [-0.2, 0) is 4.74 Å². The Hall–Kier alpha value is -1.17. The zero-order valence-corrected chi connectivity index (χ0v) is 10.00. The van der Waals surface area contributed by atoms with Crippen LogP contribution >= 0.6 is 15.9 Å². The van der Waals surface area contributed by atoms with E-state index in [4.69, 9.17) is 4.74 Å². The summed E-state index contributed by atoms with van der Waals surface area (Å²) in [5, 5.41) is 0. The molecule has 1 aromatic heterocycles. The second-order valence-corrected chi connectivity index (χ2v) is 4.22. The van der Waals surface area contributed by atoms with Crippen molar-refractivity contribution < 1.29 is 9.53 Å². The Labute approximate surface area is 95.0 Å². The number of aromatic nitrogens is 2. The summed E-state index contributed by atoms with van der Waals surface area (Å²) in [6, 6.07) is 0. The van der Waals surface area contributed by atoms with Crippen molar-refractivity contribution in [2.45, 2.75) is 18.7 Å². The molecule has 0 fully saturated rings. The molecule has 1 unspecified atom stereocenters. The Bertz CT molecular complexity index is 414. The Morgan fingerprint density at radius 1 is 1.73 bits per heavy atom. The monoisotopic (exact) mass is 274 g/mol. The van der Waals surface area contributed by atoms with E-state index in [1.54, 1.807) is 6.92 Å². The Balaban J connectivity index is 3.03. The summed E-state index contributed by atoms with van der Waals surface area (Å²) in [6.07, 6.45) is 1.23. The molecule has 0 bridgehead atoms. The highest BCUT2D eigenvalue weighted by Gasteiger charge is 2.13. The van der Waals surface area contributed by atoms with Gasteiger partial charge >= 0.3 is 5.97 Å². The van der Waals surface area contributed by atoms with Gasteiger partial charge in [-0.15, -0.1) is 0 Å². The Kier molecular flexibility index (Phi) is 4.02. The van der Waals surface area contributed by atoms with Crippen molar-refractivity contribution in [3.8, 4) is 0 Å². The van der Waals surface area contributed by atoms with Gasteiger partial charge < -0.3 is 9.72 Å². The Morgan fingerprint density at radius 2 is 2.40 bits per heavy atom. The van der Waals surface area contributed by atoms with Gasteiger partial charge in [0.1, 0.15) is 11.4 Å². The van der Waals surface area contributed by atoms with Crippen molar-refractivity contribution in [1.29, 1.82) is 0 Å². The van der Waals surface area contributed by atoms with Crippen LogP contribution < -0.4 is 5.56 Å². The zero-order valence-electron chi connectivity index (χ0n) is 8.41. The van der Waals surface area contributed by atoms with Gasteiger partial charge in [0, 0.05) is 6.20 Å². The number of carbonyl (C=O) groups is 1. The lowest BCUT2D eigenvalue weighted by Gasteiger charge is -2.03. The predicted octanol–water partition coefficient (Wildman–Crippen LogP) is 1.40. The van der Waals surface area contributed by atoms with Crippen molar-refractivity contribution in [1.82, 2.24) is 9.97 Å². The van der Waals surface area contributed by atoms with Crippen LogP contribution in [-0.4, -0.2) is 22.5 Å². The first kappa shape index (κ1) is 11.9. The fraction of sp³-hybridized carbons (Fsp3) is 0.444. The van der Waals surface area contributed by atoms with Gasteiger partial charge in [-0.05, 0) is 13.8 Å². The number of H-pyrrole nitrogens is 1. The van der Waals surface area contributed by atoms with E-state index in [9.17, 15) is 9.59 Å². The number of aromatic amines is 1. The molecule has 0 amide bonds. The average molecular weight is 275 g/mol. The van der Waals surface area contributed by atoms with Crippen LogP contribution in [0.2, 0.25) is 0 Å². The van der Waals surface area contributed by atoms with E-state index < -0.39 is 11.5 Å². The molecule has 0 saturated carbocycles. The zero-order chi connectivity index (χ0) is 11.4. The van der Waals surface area contributed by atoms with Crippen LogP contribution in [0.4, 0.5) is 0 Å². The number of rotatable bonds is 3. The highest BCUT2D eigenvalue weighted by Crippen LogP contribution is 2.15. The highest BCUT2D eigenvalue weighted by atomic mass is 79.9. The summed E-state index contributed by atoms with van der Waals surface area (Å²) >= 11 is 3.26. The molecule has 1 rings (SSSR count). The number of nitrogens with zero attached hydrogens (tertiary/aromatic N) is 1.